The van der Waals surface area contributed by atoms with E-state index in [9.17, 15) is 0 Å². The van der Waals surface area contributed by atoms with Crippen LogP contribution < -0.4 is 5.32 Å². The van der Waals surface area contributed by atoms with Crippen LogP contribution in [0.15, 0.2) is 12.4 Å². The first-order valence-corrected chi connectivity index (χ1v) is 5.73. The van der Waals surface area contributed by atoms with Gasteiger partial charge in [0.05, 0.1) is 0 Å². The fourth-order valence-electron chi connectivity index (χ4n) is 1.67. The van der Waals surface area contributed by atoms with Gasteiger partial charge in [-0.25, -0.2) is 4.98 Å². The molecule has 0 amide bonds. The molecule has 1 rings (SSSR count). The molecule has 0 aromatic carbocycles. The molecule has 0 bridgehead atoms. The Morgan fingerprint density at radius 2 is 2.00 bits per heavy atom. The summed E-state index contributed by atoms with van der Waals surface area (Å²) in [6, 6.07) is 0.557. The zero-order valence-corrected chi connectivity index (χ0v) is 10.5. The van der Waals surface area contributed by atoms with Crippen LogP contribution in [-0.2, 0) is 7.05 Å². The van der Waals surface area contributed by atoms with Gasteiger partial charge < -0.3 is 9.88 Å². The van der Waals surface area contributed by atoms with Gasteiger partial charge in [0.25, 0.3) is 0 Å². The lowest BCUT2D eigenvalue weighted by Gasteiger charge is -2.21. The van der Waals surface area contributed by atoms with E-state index < -0.39 is 0 Å². The molecule has 0 fully saturated rings. The number of hydrogen-bond acceptors (Lipinski definition) is 2. The summed E-state index contributed by atoms with van der Waals surface area (Å²) in [5, 5.41) is 3.47. The van der Waals surface area contributed by atoms with E-state index in [1.807, 2.05) is 12.4 Å². The topological polar surface area (TPSA) is 29.9 Å². The van der Waals surface area contributed by atoms with Crippen molar-refractivity contribution in [2.75, 3.05) is 6.54 Å². The molecule has 2 unspecified atom stereocenters. The molecule has 0 saturated heterocycles. The van der Waals surface area contributed by atoms with E-state index in [1.54, 1.807) is 0 Å². The highest BCUT2D eigenvalue weighted by Gasteiger charge is 2.17. The summed E-state index contributed by atoms with van der Waals surface area (Å²) in [4.78, 5) is 4.40. The number of aromatic nitrogens is 2. The summed E-state index contributed by atoms with van der Waals surface area (Å²) < 4.78 is 2.11. The summed E-state index contributed by atoms with van der Waals surface area (Å²) in [5.74, 6) is 2.28. The molecule has 1 aromatic heterocycles. The van der Waals surface area contributed by atoms with Crippen LogP contribution >= 0.6 is 0 Å². The van der Waals surface area contributed by atoms with Gasteiger partial charge in [0, 0.05) is 31.4 Å². The first-order valence-electron chi connectivity index (χ1n) is 5.73. The summed E-state index contributed by atoms with van der Waals surface area (Å²) in [5.41, 5.74) is 0. The van der Waals surface area contributed by atoms with Crippen LogP contribution in [0.25, 0.3) is 0 Å². The maximum atomic E-state index is 4.40. The third-order valence-electron chi connectivity index (χ3n) is 2.97. The maximum Gasteiger partial charge on any atom is 0.111 e. The van der Waals surface area contributed by atoms with Gasteiger partial charge >= 0.3 is 0 Å². The van der Waals surface area contributed by atoms with E-state index in [1.165, 1.54) is 5.82 Å². The van der Waals surface area contributed by atoms with Crippen molar-refractivity contribution in [1.82, 2.24) is 14.9 Å². The molecular formula is C12H23N3. The zero-order chi connectivity index (χ0) is 11.4. The molecule has 0 spiro atoms. The smallest absolute Gasteiger partial charge is 0.111 e. The molecule has 0 saturated carbocycles. The van der Waals surface area contributed by atoms with Gasteiger partial charge in [-0.3, -0.25) is 0 Å². The number of nitrogens with one attached hydrogen (secondary N) is 1. The van der Waals surface area contributed by atoms with Gasteiger partial charge in [0.1, 0.15) is 5.82 Å². The van der Waals surface area contributed by atoms with Crippen LogP contribution in [0.1, 0.15) is 39.4 Å². The normalized spacial score (nSPS) is 15.6. The fourth-order valence-corrected chi connectivity index (χ4v) is 1.67. The van der Waals surface area contributed by atoms with Gasteiger partial charge in [-0.1, -0.05) is 27.7 Å². The summed E-state index contributed by atoms with van der Waals surface area (Å²) >= 11 is 0. The van der Waals surface area contributed by atoms with Crippen molar-refractivity contribution in [3.8, 4) is 0 Å². The lowest BCUT2D eigenvalue weighted by Crippen LogP contribution is -2.30. The average molecular weight is 209 g/mol. The van der Waals surface area contributed by atoms with Crippen molar-refractivity contribution in [2.45, 2.75) is 39.7 Å². The van der Waals surface area contributed by atoms with Crippen LogP contribution in [0, 0.1) is 5.92 Å². The van der Waals surface area contributed by atoms with Gasteiger partial charge in [0.2, 0.25) is 0 Å². The molecule has 1 heterocycles. The first-order chi connectivity index (χ1) is 7.02. The van der Waals surface area contributed by atoms with E-state index >= 15 is 0 Å². The number of hydrogen-bond donors (Lipinski definition) is 1. The minimum Gasteiger partial charge on any atom is -0.338 e. The van der Waals surface area contributed by atoms with Crippen molar-refractivity contribution in [3.63, 3.8) is 0 Å². The Bertz CT molecular complexity index is 291. The fraction of sp³-hybridized carbons (Fsp3) is 0.750. The third-order valence-corrected chi connectivity index (χ3v) is 2.97. The number of rotatable bonds is 5. The monoisotopic (exact) mass is 209 g/mol. The van der Waals surface area contributed by atoms with Crippen LogP contribution in [0.2, 0.25) is 0 Å². The summed E-state index contributed by atoms with van der Waals surface area (Å²) in [6.45, 7) is 9.92. The molecule has 2 atom stereocenters. The molecule has 15 heavy (non-hydrogen) atoms. The van der Waals surface area contributed by atoms with Crippen molar-refractivity contribution >= 4 is 0 Å². The predicted octanol–water partition coefficient (Wildman–Crippen LogP) is 2.16. The van der Waals surface area contributed by atoms with Crippen LogP contribution in [0.4, 0.5) is 0 Å². The van der Waals surface area contributed by atoms with E-state index in [0.717, 1.165) is 6.54 Å². The van der Waals surface area contributed by atoms with E-state index in [-0.39, 0.29) is 0 Å². The molecule has 1 aromatic rings. The molecule has 0 aliphatic heterocycles. The average Bonchev–Trinajstić information content (AvgIpc) is 2.59. The predicted molar refractivity (Wildman–Crippen MR) is 63.9 cm³/mol. The molecular weight excluding hydrogens is 186 g/mol. The molecule has 1 N–H and O–H groups in total. The molecule has 0 radical (unpaired) electrons. The Morgan fingerprint density at radius 1 is 1.33 bits per heavy atom. The number of aryl methyl sites for hydroxylation is 1. The molecule has 0 aliphatic rings. The standard InChI is InChI=1S/C12H23N3/c1-9(2)14-8-10(3)11(4)12-13-6-7-15(12)5/h6-7,9-11,14H,8H2,1-5H3. The van der Waals surface area contributed by atoms with E-state index in [2.05, 4.69) is 49.6 Å². The zero-order valence-electron chi connectivity index (χ0n) is 10.5. The number of imidazole rings is 1. The second-order valence-corrected chi connectivity index (χ2v) is 4.73. The Morgan fingerprint density at radius 3 is 2.47 bits per heavy atom. The number of nitrogens with zero attached hydrogens (tertiary/aromatic N) is 2. The highest BCUT2D eigenvalue weighted by molar-refractivity contribution is 5.00. The van der Waals surface area contributed by atoms with Gasteiger partial charge in [0.15, 0.2) is 0 Å². The van der Waals surface area contributed by atoms with E-state index in [0.29, 0.717) is 17.9 Å². The van der Waals surface area contributed by atoms with E-state index in [4.69, 9.17) is 0 Å². The minimum atomic E-state index is 0.497. The van der Waals surface area contributed by atoms with Gasteiger partial charge in [-0.15, -0.1) is 0 Å². The Hall–Kier alpha value is -0.830. The highest BCUT2D eigenvalue weighted by atomic mass is 15.0. The Balaban J connectivity index is 2.53. The van der Waals surface area contributed by atoms with Crippen molar-refractivity contribution in [3.05, 3.63) is 18.2 Å². The largest absolute Gasteiger partial charge is 0.338 e. The van der Waals surface area contributed by atoms with Crippen LogP contribution in [-0.4, -0.2) is 22.1 Å². The third kappa shape index (κ3) is 3.34. The molecule has 0 aliphatic carbocycles. The highest BCUT2D eigenvalue weighted by Crippen LogP contribution is 2.21. The lowest BCUT2D eigenvalue weighted by molar-refractivity contribution is 0.409. The van der Waals surface area contributed by atoms with Crippen LogP contribution in [0.5, 0.6) is 0 Å². The Labute approximate surface area is 92.9 Å². The van der Waals surface area contributed by atoms with Crippen molar-refractivity contribution in [2.24, 2.45) is 13.0 Å². The SMILES string of the molecule is CC(C)NCC(C)C(C)c1nccn1C. The quantitative estimate of drug-likeness (QED) is 0.805. The second kappa shape index (κ2) is 5.31. The second-order valence-electron chi connectivity index (χ2n) is 4.73. The maximum absolute atomic E-state index is 4.40. The molecule has 86 valence electrons. The van der Waals surface area contributed by atoms with Gasteiger partial charge in [-0.2, -0.15) is 0 Å². The van der Waals surface area contributed by atoms with Crippen LogP contribution in [0.3, 0.4) is 0 Å². The Kier molecular flexibility index (Phi) is 4.33. The molecule has 3 nitrogen and oxygen atoms in total. The molecule has 3 heteroatoms. The van der Waals surface area contributed by atoms with Crippen molar-refractivity contribution < 1.29 is 0 Å². The van der Waals surface area contributed by atoms with Crippen molar-refractivity contribution in [1.29, 1.82) is 0 Å². The van der Waals surface area contributed by atoms with Gasteiger partial charge in [-0.05, 0) is 12.5 Å². The summed E-state index contributed by atoms with van der Waals surface area (Å²) in [6.07, 6.45) is 3.88. The lowest BCUT2D eigenvalue weighted by atomic mass is 9.95. The summed E-state index contributed by atoms with van der Waals surface area (Å²) in [7, 11) is 2.06. The first kappa shape index (κ1) is 12.2. The minimum absolute atomic E-state index is 0.497.